The number of primary amides is 1. The maximum absolute atomic E-state index is 11.7. The number of nitrogens with two attached hydrogens (primary N) is 1. The normalized spacial score (nSPS) is 10.9. The van der Waals surface area contributed by atoms with E-state index in [1.165, 1.54) is 32.0 Å². The second-order valence-electron chi connectivity index (χ2n) is 3.99. The average molecular weight is 222 g/mol. The minimum atomic E-state index is -1.12. The topological polar surface area (TPSA) is 92.4 Å². The van der Waals surface area contributed by atoms with Gasteiger partial charge in [0.25, 0.3) is 5.91 Å². The lowest BCUT2D eigenvalue weighted by Crippen LogP contribution is -2.52. The third kappa shape index (κ3) is 2.73. The standard InChI is InChI=1S/C11H14N2O3/c1-11(2,10(12)16)13-9(15)7-4-3-5-8(14)6-7/h3-6,14H,1-2H3,(H2,12,16)(H,13,15). The molecule has 0 heterocycles. The molecule has 0 bridgehead atoms. The van der Waals surface area contributed by atoms with Crippen LogP contribution in [-0.4, -0.2) is 22.5 Å². The third-order valence-electron chi connectivity index (χ3n) is 2.15. The zero-order valence-electron chi connectivity index (χ0n) is 9.15. The average Bonchev–Trinajstić information content (AvgIpc) is 2.16. The summed E-state index contributed by atoms with van der Waals surface area (Å²) in [6.45, 7) is 3.02. The molecule has 16 heavy (non-hydrogen) atoms. The van der Waals surface area contributed by atoms with E-state index < -0.39 is 17.4 Å². The minimum absolute atomic E-state index is 0.00969. The van der Waals surface area contributed by atoms with Gasteiger partial charge in [0.2, 0.25) is 5.91 Å². The SMILES string of the molecule is CC(C)(NC(=O)c1cccc(O)c1)C(N)=O. The zero-order valence-corrected chi connectivity index (χ0v) is 9.15. The van der Waals surface area contributed by atoms with E-state index in [1.807, 2.05) is 0 Å². The van der Waals surface area contributed by atoms with Gasteiger partial charge in [0.05, 0.1) is 0 Å². The first kappa shape index (κ1) is 12.0. The number of rotatable bonds is 3. The van der Waals surface area contributed by atoms with Gasteiger partial charge in [-0.2, -0.15) is 0 Å². The van der Waals surface area contributed by atoms with Crippen LogP contribution in [0.4, 0.5) is 0 Å². The number of benzene rings is 1. The van der Waals surface area contributed by atoms with E-state index >= 15 is 0 Å². The Morgan fingerprint density at radius 3 is 2.50 bits per heavy atom. The smallest absolute Gasteiger partial charge is 0.252 e. The van der Waals surface area contributed by atoms with Gasteiger partial charge in [-0.25, -0.2) is 0 Å². The Balaban J connectivity index is 2.85. The highest BCUT2D eigenvalue weighted by molar-refractivity contribution is 5.98. The summed E-state index contributed by atoms with van der Waals surface area (Å²) in [5.74, 6) is -1.09. The number of phenols is 1. The second kappa shape index (κ2) is 4.22. The predicted molar refractivity (Wildman–Crippen MR) is 58.8 cm³/mol. The van der Waals surface area contributed by atoms with Crippen LogP contribution in [0, 0.1) is 0 Å². The number of hydrogen-bond acceptors (Lipinski definition) is 3. The molecular formula is C11H14N2O3. The van der Waals surface area contributed by atoms with Crippen molar-refractivity contribution in [2.75, 3.05) is 0 Å². The van der Waals surface area contributed by atoms with Crippen LogP contribution in [0.15, 0.2) is 24.3 Å². The second-order valence-corrected chi connectivity index (χ2v) is 3.99. The van der Waals surface area contributed by atoms with E-state index in [9.17, 15) is 14.7 Å². The highest BCUT2D eigenvalue weighted by Crippen LogP contribution is 2.12. The number of hydrogen-bond donors (Lipinski definition) is 3. The summed E-state index contributed by atoms with van der Waals surface area (Å²) in [6, 6.07) is 5.84. The fraction of sp³-hybridized carbons (Fsp3) is 0.273. The van der Waals surface area contributed by atoms with Gasteiger partial charge in [0.1, 0.15) is 11.3 Å². The molecule has 5 heteroatoms. The van der Waals surface area contributed by atoms with Gasteiger partial charge in [0.15, 0.2) is 0 Å². The van der Waals surface area contributed by atoms with E-state index in [0.29, 0.717) is 0 Å². The maximum atomic E-state index is 11.7. The Morgan fingerprint density at radius 2 is 2.00 bits per heavy atom. The summed E-state index contributed by atoms with van der Waals surface area (Å²) in [4.78, 5) is 22.7. The van der Waals surface area contributed by atoms with Crippen LogP contribution in [0.5, 0.6) is 5.75 Å². The van der Waals surface area contributed by atoms with Gasteiger partial charge in [0, 0.05) is 5.56 Å². The molecule has 4 N–H and O–H groups in total. The number of carbonyl (C=O) groups is 2. The molecule has 0 aliphatic heterocycles. The molecule has 1 aromatic carbocycles. The number of phenolic OH excluding ortho intramolecular Hbond substituents is 1. The molecule has 2 amide bonds. The summed E-state index contributed by atoms with van der Waals surface area (Å²) in [5, 5.41) is 11.7. The zero-order chi connectivity index (χ0) is 12.3. The minimum Gasteiger partial charge on any atom is -0.508 e. The fourth-order valence-electron chi connectivity index (χ4n) is 1.06. The van der Waals surface area contributed by atoms with Crippen molar-refractivity contribution in [3.05, 3.63) is 29.8 Å². The van der Waals surface area contributed by atoms with Crippen molar-refractivity contribution < 1.29 is 14.7 Å². The molecule has 0 aliphatic carbocycles. The Kier molecular flexibility index (Phi) is 3.17. The lowest BCUT2D eigenvalue weighted by atomic mass is 10.0. The quantitative estimate of drug-likeness (QED) is 0.690. The molecule has 0 atom stereocenters. The van der Waals surface area contributed by atoms with Crippen LogP contribution in [-0.2, 0) is 4.79 Å². The molecule has 0 spiro atoms. The fourth-order valence-corrected chi connectivity index (χ4v) is 1.06. The summed E-state index contributed by atoms with van der Waals surface area (Å²) in [7, 11) is 0. The number of aromatic hydroxyl groups is 1. The molecule has 1 aromatic rings. The largest absolute Gasteiger partial charge is 0.508 e. The van der Waals surface area contributed by atoms with Gasteiger partial charge >= 0.3 is 0 Å². The summed E-state index contributed by atoms with van der Waals surface area (Å²) in [6.07, 6.45) is 0. The maximum Gasteiger partial charge on any atom is 0.252 e. The van der Waals surface area contributed by atoms with E-state index in [4.69, 9.17) is 5.73 Å². The lowest BCUT2D eigenvalue weighted by Gasteiger charge is -2.22. The van der Waals surface area contributed by atoms with Gasteiger partial charge in [-0.15, -0.1) is 0 Å². The molecule has 0 aromatic heterocycles. The molecule has 5 nitrogen and oxygen atoms in total. The van der Waals surface area contributed by atoms with Gasteiger partial charge in [-0.1, -0.05) is 6.07 Å². The lowest BCUT2D eigenvalue weighted by molar-refractivity contribution is -0.122. The molecule has 0 aliphatic rings. The predicted octanol–water partition coefficient (Wildman–Crippen LogP) is 0.386. The first-order valence-corrected chi connectivity index (χ1v) is 4.74. The van der Waals surface area contributed by atoms with E-state index in [2.05, 4.69) is 5.32 Å². The molecule has 0 unspecified atom stereocenters. The van der Waals surface area contributed by atoms with Crippen LogP contribution < -0.4 is 11.1 Å². The highest BCUT2D eigenvalue weighted by Gasteiger charge is 2.27. The first-order chi connectivity index (χ1) is 7.33. The van der Waals surface area contributed by atoms with Gasteiger partial charge in [-0.05, 0) is 32.0 Å². The Morgan fingerprint density at radius 1 is 1.38 bits per heavy atom. The summed E-state index contributed by atoms with van der Waals surface area (Å²) < 4.78 is 0. The molecular weight excluding hydrogens is 208 g/mol. The van der Waals surface area contributed by atoms with Crippen LogP contribution in [0.3, 0.4) is 0 Å². The number of amides is 2. The summed E-state index contributed by atoms with van der Waals surface area (Å²) in [5.41, 5.74) is 4.27. The van der Waals surface area contributed by atoms with E-state index in [-0.39, 0.29) is 11.3 Å². The number of carbonyl (C=O) groups excluding carboxylic acids is 2. The van der Waals surface area contributed by atoms with Crippen LogP contribution in [0.1, 0.15) is 24.2 Å². The Labute approximate surface area is 93.3 Å². The van der Waals surface area contributed by atoms with Crippen LogP contribution >= 0.6 is 0 Å². The molecule has 1 rings (SSSR count). The van der Waals surface area contributed by atoms with Gasteiger partial charge in [-0.3, -0.25) is 9.59 Å². The van der Waals surface area contributed by atoms with Crippen molar-refractivity contribution in [2.24, 2.45) is 5.73 Å². The molecule has 0 radical (unpaired) electrons. The Bertz CT molecular complexity index is 427. The monoisotopic (exact) mass is 222 g/mol. The van der Waals surface area contributed by atoms with E-state index in [0.717, 1.165) is 0 Å². The van der Waals surface area contributed by atoms with Crippen molar-refractivity contribution in [3.63, 3.8) is 0 Å². The first-order valence-electron chi connectivity index (χ1n) is 4.74. The van der Waals surface area contributed by atoms with Crippen LogP contribution in [0.25, 0.3) is 0 Å². The van der Waals surface area contributed by atoms with Gasteiger partial charge < -0.3 is 16.2 Å². The van der Waals surface area contributed by atoms with E-state index in [1.54, 1.807) is 6.07 Å². The molecule has 0 saturated carbocycles. The van der Waals surface area contributed by atoms with Crippen molar-refractivity contribution in [3.8, 4) is 5.75 Å². The highest BCUT2D eigenvalue weighted by atomic mass is 16.3. The Hall–Kier alpha value is -2.04. The molecule has 0 fully saturated rings. The van der Waals surface area contributed by atoms with Crippen molar-refractivity contribution in [1.82, 2.24) is 5.32 Å². The summed E-state index contributed by atoms with van der Waals surface area (Å²) >= 11 is 0. The third-order valence-corrected chi connectivity index (χ3v) is 2.15. The van der Waals surface area contributed by atoms with Crippen LogP contribution in [0.2, 0.25) is 0 Å². The van der Waals surface area contributed by atoms with Crippen molar-refractivity contribution in [1.29, 1.82) is 0 Å². The number of nitrogens with one attached hydrogen (secondary N) is 1. The van der Waals surface area contributed by atoms with Crippen molar-refractivity contribution in [2.45, 2.75) is 19.4 Å². The van der Waals surface area contributed by atoms with Crippen molar-refractivity contribution >= 4 is 11.8 Å². The molecule has 86 valence electrons. The molecule has 0 saturated heterocycles.